The standard InChI is InChI=1S/C12H14N4O2/c17-12(13-7-6-11-15-9-16-18-11)14-8-10-4-2-1-3-5-10/h1-5,9H,6-8H2,(H2,13,14,17). The van der Waals surface area contributed by atoms with Crippen LogP contribution < -0.4 is 10.6 Å². The first kappa shape index (κ1) is 12.1. The number of aromatic nitrogens is 2. The Kier molecular flexibility index (Phi) is 4.29. The molecule has 0 spiro atoms. The van der Waals surface area contributed by atoms with Gasteiger partial charge in [0.15, 0.2) is 6.33 Å². The molecule has 2 N–H and O–H groups in total. The van der Waals surface area contributed by atoms with E-state index in [4.69, 9.17) is 4.52 Å². The van der Waals surface area contributed by atoms with E-state index in [2.05, 4.69) is 20.8 Å². The Morgan fingerprint density at radius 1 is 1.22 bits per heavy atom. The summed E-state index contributed by atoms with van der Waals surface area (Å²) in [7, 11) is 0. The molecule has 6 heteroatoms. The van der Waals surface area contributed by atoms with E-state index in [-0.39, 0.29) is 6.03 Å². The SMILES string of the molecule is O=C(NCCc1ncno1)NCc1ccccc1. The average Bonchev–Trinajstić information content (AvgIpc) is 2.91. The molecule has 0 saturated heterocycles. The third-order valence-electron chi connectivity index (χ3n) is 2.33. The molecule has 0 aliphatic rings. The summed E-state index contributed by atoms with van der Waals surface area (Å²) in [5, 5.41) is 8.96. The fourth-order valence-electron chi connectivity index (χ4n) is 1.43. The molecule has 0 bridgehead atoms. The molecule has 94 valence electrons. The average molecular weight is 246 g/mol. The van der Waals surface area contributed by atoms with Crippen LogP contribution in [-0.4, -0.2) is 22.7 Å². The highest BCUT2D eigenvalue weighted by Crippen LogP contribution is 1.96. The summed E-state index contributed by atoms with van der Waals surface area (Å²) in [5.74, 6) is 0.512. The zero-order valence-corrected chi connectivity index (χ0v) is 9.80. The van der Waals surface area contributed by atoms with E-state index >= 15 is 0 Å². The van der Waals surface area contributed by atoms with Crippen LogP contribution >= 0.6 is 0 Å². The molecule has 1 aromatic carbocycles. The predicted molar refractivity (Wildman–Crippen MR) is 64.7 cm³/mol. The zero-order valence-electron chi connectivity index (χ0n) is 9.80. The van der Waals surface area contributed by atoms with Crippen LogP contribution in [0, 0.1) is 0 Å². The molecule has 1 aromatic heterocycles. The molecule has 2 amide bonds. The Balaban J connectivity index is 1.63. The van der Waals surface area contributed by atoms with Crippen LogP contribution in [0.1, 0.15) is 11.5 Å². The van der Waals surface area contributed by atoms with Gasteiger partial charge in [-0.1, -0.05) is 35.5 Å². The highest BCUT2D eigenvalue weighted by atomic mass is 16.5. The number of urea groups is 1. The molecule has 18 heavy (non-hydrogen) atoms. The van der Waals surface area contributed by atoms with Crippen molar-refractivity contribution in [2.45, 2.75) is 13.0 Å². The van der Waals surface area contributed by atoms with Gasteiger partial charge in [0.05, 0.1) is 0 Å². The highest BCUT2D eigenvalue weighted by molar-refractivity contribution is 5.73. The number of benzene rings is 1. The predicted octanol–water partition coefficient (Wildman–Crippen LogP) is 1.11. The molecular formula is C12H14N4O2. The highest BCUT2D eigenvalue weighted by Gasteiger charge is 2.02. The summed E-state index contributed by atoms with van der Waals surface area (Å²) in [4.78, 5) is 15.3. The van der Waals surface area contributed by atoms with Crippen molar-refractivity contribution < 1.29 is 9.32 Å². The molecule has 0 saturated carbocycles. The number of carbonyl (C=O) groups is 1. The third kappa shape index (κ3) is 3.89. The van der Waals surface area contributed by atoms with E-state index in [9.17, 15) is 4.79 Å². The van der Waals surface area contributed by atoms with E-state index in [1.165, 1.54) is 6.33 Å². The number of nitrogens with one attached hydrogen (secondary N) is 2. The van der Waals surface area contributed by atoms with Crippen LogP contribution in [0.3, 0.4) is 0 Å². The van der Waals surface area contributed by atoms with Gasteiger partial charge in [-0.25, -0.2) is 4.79 Å². The number of rotatable bonds is 5. The first-order valence-electron chi connectivity index (χ1n) is 5.66. The van der Waals surface area contributed by atoms with Crippen molar-refractivity contribution >= 4 is 6.03 Å². The summed E-state index contributed by atoms with van der Waals surface area (Å²) < 4.78 is 4.81. The van der Waals surface area contributed by atoms with Gasteiger partial charge in [-0.15, -0.1) is 0 Å². The second-order valence-electron chi connectivity index (χ2n) is 3.68. The lowest BCUT2D eigenvalue weighted by Crippen LogP contribution is -2.36. The maximum atomic E-state index is 11.5. The Morgan fingerprint density at radius 3 is 2.78 bits per heavy atom. The molecule has 2 aromatic rings. The number of hydrogen-bond acceptors (Lipinski definition) is 4. The summed E-state index contributed by atoms with van der Waals surface area (Å²) in [5.41, 5.74) is 1.06. The van der Waals surface area contributed by atoms with Crippen molar-refractivity contribution in [3.63, 3.8) is 0 Å². The molecule has 6 nitrogen and oxygen atoms in total. The molecule has 0 fully saturated rings. The first-order valence-corrected chi connectivity index (χ1v) is 5.66. The van der Waals surface area contributed by atoms with Crippen molar-refractivity contribution in [1.29, 1.82) is 0 Å². The van der Waals surface area contributed by atoms with E-state index in [1.54, 1.807) is 0 Å². The molecule has 0 atom stereocenters. The topological polar surface area (TPSA) is 80.1 Å². The zero-order chi connectivity index (χ0) is 12.6. The molecule has 2 rings (SSSR count). The smallest absolute Gasteiger partial charge is 0.315 e. The van der Waals surface area contributed by atoms with Crippen molar-refractivity contribution in [2.24, 2.45) is 0 Å². The molecular weight excluding hydrogens is 232 g/mol. The molecule has 0 unspecified atom stereocenters. The lowest BCUT2D eigenvalue weighted by atomic mass is 10.2. The summed E-state index contributed by atoms with van der Waals surface area (Å²) in [6.45, 7) is 0.968. The van der Waals surface area contributed by atoms with E-state index in [0.717, 1.165) is 5.56 Å². The Morgan fingerprint density at radius 2 is 2.06 bits per heavy atom. The van der Waals surface area contributed by atoms with Crippen LogP contribution in [-0.2, 0) is 13.0 Å². The number of carbonyl (C=O) groups excluding carboxylic acids is 1. The minimum absolute atomic E-state index is 0.210. The minimum atomic E-state index is -0.210. The van der Waals surface area contributed by atoms with Crippen LogP contribution in [0.2, 0.25) is 0 Å². The fourth-order valence-corrected chi connectivity index (χ4v) is 1.43. The van der Waals surface area contributed by atoms with Gasteiger partial charge in [0.2, 0.25) is 5.89 Å². The maximum Gasteiger partial charge on any atom is 0.315 e. The van der Waals surface area contributed by atoms with Crippen LogP contribution in [0.4, 0.5) is 4.79 Å². The minimum Gasteiger partial charge on any atom is -0.340 e. The van der Waals surface area contributed by atoms with Crippen LogP contribution in [0.5, 0.6) is 0 Å². The Bertz CT molecular complexity index is 470. The van der Waals surface area contributed by atoms with Crippen molar-refractivity contribution in [3.8, 4) is 0 Å². The van der Waals surface area contributed by atoms with E-state index in [1.807, 2.05) is 30.3 Å². The Labute approximate surface area is 104 Å². The number of hydrogen-bond donors (Lipinski definition) is 2. The van der Waals surface area contributed by atoms with Crippen LogP contribution in [0.25, 0.3) is 0 Å². The van der Waals surface area contributed by atoms with Gasteiger partial charge in [0.25, 0.3) is 0 Å². The molecule has 0 aliphatic heterocycles. The second-order valence-corrected chi connectivity index (χ2v) is 3.68. The lowest BCUT2D eigenvalue weighted by molar-refractivity contribution is 0.240. The normalized spacial score (nSPS) is 10.0. The van der Waals surface area contributed by atoms with Gasteiger partial charge in [-0.05, 0) is 5.56 Å². The van der Waals surface area contributed by atoms with Gasteiger partial charge >= 0.3 is 6.03 Å². The van der Waals surface area contributed by atoms with Gasteiger partial charge in [-0.3, -0.25) is 0 Å². The van der Waals surface area contributed by atoms with Gasteiger partial charge in [-0.2, -0.15) is 4.98 Å². The first-order chi connectivity index (χ1) is 8.84. The third-order valence-corrected chi connectivity index (χ3v) is 2.33. The van der Waals surface area contributed by atoms with Crippen LogP contribution in [0.15, 0.2) is 41.2 Å². The summed E-state index contributed by atoms with van der Waals surface area (Å²) in [6, 6.07) is 9.51. The van der Waals surface area contributed by atoms with E-state index in [0.29, 0.717) is 25.4 Å². The van der Waals surface area contributed by atoms with Crippen molar-refractivity contribution in [2.75, 3.05) is 6.54 Å². The molecule has 0 radical (unpaired) electrons. The lowest BCUT2D eigenvalue weighted by Gasteiger charge is -2.06. The molecule has 1 heterocycles. The van der Waals surface area contributed by atoms with E-state index < -0.39 is 0 Å². The summed E-state index contributed by atoms with van der Waals surface area (Å²) in [6.07, 6.45) is 1.86. The van der Waals surface area contributed by atoms with Gasteiger partial charge in [0.1, 0.15) is 0 Å². The largest absolute Gasteiger partial charge is 0.340 e. The quantitative estimate of drug-likeness (QED) is 0.828. The molecule has 0 aliphatic carbocycles. The monoisotopic (exact) mass is 246 g/mol. The maximum absolute atomic E-state index is 11.5. The van der Waals surface area contributed by atoms with Gasteiger partial charge in [0, 0.05) is 19.5 Å². The Hall–Kier alpha value is -2.37. The second kappa shape index (κ2) is 6.39. The summed E-state index contributed by atoms with van der Waals surface area (Å²) >= 11 is 0. The number of nitrogens with zero attached hydrogens (tertiary/aromatic N) is 2. The number of amides is 2. The van der Waals surface area contributed by atoms with Crippen molar-refractivity contribution in [3.05, 3.63) is 48.1 Å². The fraction of sp³-hybridized carbons (Fsp3) is 0.250. The van der Waals surface area contributed by atoms with Gasteiger partial charge < -0.3 is 15.2 Å². The van der Waals surface area contributed by atoms with Crippen molar-refractivity contribution in [1.82, 2.24) is 20.8 Å².